The minimum Gasteiger partial charge on any atom is -0.355 e. The summed E-state index contributed by atoms with van der Waals surface area (Å²) in [7, 11) is 3.64. The van der Waals surface area contributed by atoms with E-state index < -0.39 is 0 Å². The minimum atomic E-state index is -0.160. The van der Waals surface area contributed by atoms with Crippen LogP contribution in [0.4, 0.5) is 0 Å². The predicted molar refractivity (Wildman–Crippen MR) is 112 cm³/mol. The Balaban J connectivity index is 1.88. The summed E-state index contributed by atoms with van der Waals surface area (Å²) in [6.07, 6.45) is 0.985. The van der Waals surface area contributed by atoms with Gasteiger partial charge in [-0.3, -0.25) is 9.59 Å². The molecule has 5 heteroatoms. The molecule has 0 fully saturated rings. The topological polar surface area (TPSA) is 62.6 Å². The van der Waals surface area contributed by atoms with Gasteiger partial charge >= 0.3 is 0 Å². The van der Waals surface area contributed by atoms with Gasteiger partial charge in [0.25, 0.3) is 11.8 Å². The molecule has 0 aliphatic heterocycles. The lowest BCUT2D eigenvalue weighted by atomic mass is 9.96. The second kappa shape index (κ2) is 10.6. The van der Waals surface area contributed by atoms with Crippen LogP contribution in [0, 0.1) is 0 Å². The number of quaternary nitrogens is 1. The Bertz CT molecular complexity index is 759. The fourth-order valence-electron chi connectivity index (χ4n) is 3.22. The van der Waals surface area contributed by atoms with Crippen LogP contribution >= 0.6 is 0 Å². The molecule has 2 rings (SSSR count). The largest absolute Gasteiger partial charge is 0.355 e. The maximum Gasteiger partial charge on any atom is 0.278 e. The third-order valence-electron chi connectivity index (χ3n) is 5.35. The number of carbonyl (C=O) groups excluding carboxylic acids is 2. The van der Waals surface area contributed by atoms with Gasteiger partial charge in [0.05, 0.1) is 7.05 Å². The molecule has 3 atom stereocenters. The molecule has 0 saturated heterocycles. The summed E-state index contributed by atoms with van der Waals surface area (Å²) in [6, 6.07) is 17.7. The van der Waals surface area contributed by atoms with E-state index in [1.54, 1.807) is 7.05 Å². The van der Waals surface area contributed by atoms with Gasteiger partial charge in [-0.15, -0.1) is 0 Å². The molecule has 0 spiro atoms. The van der Waals surface area contributed by atoms with Gasteiger partial charge in [-0.25, -0.2) is 0 Å². The van der Waals surface area contributed by atoms with Crippen LogP contribution in [0.25, 0.3) is 0 Å². The zero-order chi connectivity index (χ0) is 20.5. The molecule has 2 aromatic rings. The van der Waals surface area contributed by atoms with Gasteiger partial charge in [-0.2, -0.15) is 0 Å². The molecule has 28 heavy (non-hydrogen) atoms. The van der Waals surface area contributed by atoms with Crippen LogP contribution in [0.15, 0.2) is 54.6 Å². The molecule has 0 heterocycles. The molecule has 0 aliphatic carbocycles. The van der Waals surface area contributed by atoms with Gasteiger partial charge in [-0.05, 0) is 31.0 Å². The Labute approximate surface area is 168 Å². The summed E-state index contributed by atoms with van der Waals surface area (Å²) < 4.78 is 0. The van der Waals surface area contributed by atoms with Crippen molar-refractivity contribution in [1.82, 2.24) is 10.6 Å². The minimum absolute atomic E-state index is 0.0638. The van der Waals surface area contributed by atoms with E-state index in [2.05, 4.69) is 29.7 Å². The van der Waals surface area contributed by atoms with E-state index in [1.807, 2.05) is 56.4 Å². The average molecular weight is 383 g/mol. The first kappa shape index (κ1) is 21.6. The predicted octanol–water partition coefficient (Wildman–Crippen LogP) is 1.76. The Morgan fingerprint density at radius 1 is 1.04 bits per heavy atom. The van der Waals surface area contributed by atoms with Crippen LogP contribution < -0.4 is 15.5 Å². The maximum atomic E-state index is 12.6. The summed E-state index contributed by atoms with van der Waals surface area (Å²) in [4.78, 5) is 25.4. The van der Waals surface area contributed by atoms with Crippen molar-refractivity contribution >= 4 is 11.8 Å². The third-order valence-corrected chi connectivity index (χ3v) is 5.35. The van der Waals surface area contributed by atoms with Crippen LogP contribution in [0.2, 0.25) is 0 Å². The lowest BCUT2D eigenvalue weighted by molar-refractivity contribution is -0.908. The van der Waals surface area contributed by atoms with Gasteiger partial charge in [-0.1, -0.05) is 49.4 Å². The van der Waals surface area contributed by atoms with E-state index in [0.717, 1.165) is 23.4 Å². The Morgan fingerprint density at radius 3 is 2.25 bits per heavy atom. The number of nitrogens with one attached hydrogen (secondary N) is 3. The second-order valence-electron chi connectivity index (χ2n) is 7.28. The van der Waals surface area contributed by atoms with Crippen LogP contribution in [-0.2, 0) is 11.3 Å². The molecule has 3 N–H and O–H groups in total. The highest BCUT2D eigenvalue weighted by Crippen LogP contribution is 2.17. The van der Waals surface area contributed by atoms with E-state index in [1.165, 1.54) is 5.56 Å². The summed E-state index contributed by atoms with van der Waals surface area (Å²) >= 11 is 0. The lowest BCUT2D eigenvalue weighted by Crippen LogP contribution is -3.12. The number of likely N-dealkylation sites (N-methyl/N-ethyl adjacent to an activating group) is 1. The SMILES string of the molecule is CC[C@H](CNC(=O)[C@@H](C)[NH+](C)Cc1ccc(C(=O)NC)cc1)c1ccccc1. The number of benzene rings is 2. The number of hydrogen-bond donors (Lipinski definition) is 3. The van der Waals surface area contributed by atoms with Gasteiger partial charge < -0.3 is 15.5 Å². The summed E-state index contributed by atoms with van der Waals surface area (Å²) in [6.45, 7) is 5.47. The maximum absolute atomic E-state index is 12.6. The zero-order valence-corrected chi connectivity index (χ0v) is 17.3. The monoisotopic (exact) mass is 382 g/mol. The summed E-state index contributed by atoms with van der Waals surface area (Å²) in [5, 5.41) is 5.73. The molecular formula is C23H32N3O2+. The zero-order valence-electron chi connectivity index (χ0n) is 17.3. The van der Waals surface area contributed by atoms with Crippen molar-refractivity contribution in [3.8, 4) is 0 Å². The first-order valence-corrected chi connectivity index (χ1v) is 9.92. The molecule has 1 unspecified atom stereocenters. The molecular weight excluding hydrogens is 350 g/mol. The molecule has 2 amide bonds. The fraction of sp³-hybridized carbons (Fsp3) is 0.391. The van der Waals surface area contributed by atoms with Gasteiger partial charge in [0.15, 0.2) is 6.04 Å². The van der Waals surface area contributed by atoms with E-state index in [-0.39, 0.29) is 17.9 Å². The van der Waals surface area contributed by atoms with Crippen molar-refractivity contribution in [3.63, 3.8) is 0 Å². The highest BCUT2D eigenvalue weighted by Gasteiger charge is 2.22. The Hall–Kier alpha value is -2.66. The summed E-state index contributed by atoms with van der Waals surface area (Å²) in [5.41, 5.74) is 3.00. The Morgan fingerprint density at radius 2 is 1.68 bits per heavy atom. The quantitative estimate of drug-likeness (QED) is 0.619. The van der Waals surface area contributed by atoms with Crippen molar-refractivity contribution < 1.29 is 14.5 Å². The van der Waals surface area contributed by atoms with Gasteiger partial charge in [0.1, 0.15) is 6.54 Å². The van der Waals surface area contributed by atoms with Crippen LogP contribution in [0.1, 0.15) is 47.7 Å². The van der Waals surface area contributed by atoms with Crippen molar-refractivity contribution in [1.29, 1.82) is 0 Å². The van der Waals surface area contributed by atoms with Gasteiger partial charge in [0.2, 0.25) is 0 Å². The van der Waals surface area contributed by atoms with Crippen LogP contribution in [0.3, 0.4) is 0 Å². The number of carbonyl (C=O) groups is 2. The molecule has 2 aromatic carbocycles. The normalized spacial score (nSPS) is 14.0. The second-order valence-corrected chi connectivity index (χ2v) is 7.28. The van der Waals surface area contributed by atoms with Crippen molar-refractivity contribution in [2.24, 2.45) is 0 Å². The molecule has 0 aromatic heterocycles. The summed E-state index contributed by atoms with van der Waals surface area (Å²) in [5.74, 6) is 0.299. The number of amides is 2. The Kier molecular flexibility index (Phi) is 8.20. The standard InChI is InChI=1S/C23H31N3O2/c1-5-19(20-9-7-6-8-10-20)15-25-22(27)17(2)26(4)16-18-11-13-21(14-12-18)23(28)24-3/h6-14,17,19H,5,15-16H2,1-4H3,(H,24,28)(H,25,27)/p+1/t17-,19-/m1/s1. The number of hydrogen-bond acceptors (Lipinski definition) is 2. The molecule has 5 nitrogen and oxygen atoms in total. The smallest absolute Gasteiger partial charge is 0.278 e. The fourth-order valence-corrected chi connectivity index (χ4v) is 3.22. The van der Waals surface area contributed by atoms with Gasteiger partial charge in [0, 0.05) is 30.6 Å². The molecule has 0 radical (unpaired) electrons. The van der Waals surface area contributed by atoms with Crippen molar-refractivity contribution in [2.45, 2.75) is 38.8 Å². The van der Waals surface area contributed by atoms with E-state index in [0.29, 0.717) is 18.0 Å². The van der Waals surface area contributed by atoms with Crippen LogP contribution in [0.5, 0.6) is 0 Å². The highest BCUT2D eigenvalue weighted by atomic mass is 16.2. The number of rotatable bonds is 9. The van der Waals surface area contributed by atoms with E-state index in [4.69, 9.17) is 0 Å². The first-order valence-electron chi connectivity index (χ1n) is 9.92. The van der Waals surface area contributed by atoms with Crippen molar-refractivity contribution in [2.75, 3.05) is 20.6 Å². The molecule has 0 saturated carbocycles. The first-order chi connectivity index (χ1) is 13.5. The highest BCUT2D eigenvalue weighted by molar-refractivity contribution is 5.93. The van der Waals surface area contributed by atoms with Crippen LogP contribution in [-0.4, -0.2) is 38.5 Å². The van der Waals surface area contributed by atoms with Crippen molar-refractivity contribution in [3.05, 3.63) is 71.3 Å². The molecule has 0 aliphatic rings. The molecule has 0 bridgehead atoms. The van der Waals surface area contributed by atoms with E-state index in [9.17, 15) is 9.59 Å². The molecule has 150 valence electrons. The van der Waals surface area contributed by atoms with E-state index >= 15 is 0 Å². The average Bonchev–Trinajstić information content (AvgIpc) is 2.74. The third kappa shape index (κ3) is 5.92. The lowest BCUT2D eigenvalue weighted by Gasteiger charge is -2.23.